The van der Waals surface area contributed by atoms with Gasteiger partial charge in [-0.05, 0) is 90.5 Å². The van der Waals surface area contributed by atoms with E-state index in [-0.39, 0.29) is 95.9 Å². The number of hydrogen-bond donors (Lipinski definition) is 11. The van der Waals surface area contributed by atoms with Gasteiger partial charge >= 0.3 is 25.7 Å². The second kappa shape index (κ2) is 55.8. The molecule has 1 saturated heterocycles. The van der Waals surface area contributed by atoms with Crippen molar-refractivity contribution in [2.75, 3.05) is 52.5 Å². The number of carbonyl (C=O) groups excluding carboxylic acids is 9. The van der Waals surface area contributed by atoms with E-state index in [0.29, 0.717) is 57.8 Å². The minimum atomic E-state index is -4.77. The molecule has 0 spiro atoms. The van der Waals surface area contributed by atoms with Crippen LogP contribution in [0.4, 0.5) is 0 Å². The topological polar surface area (TPSA) is 439 Å². The number of phosphoric ester groups is 1. The Morgan fingerprint density at radius 2 is 1.11 bits per heavy atom. The highest BCUT2D eigenvalue weighted by Gasteiger charge is 2.46. The first kappa shape index (κ1) is 90.3. The van der Waals surface area contributed by atoms with Crippen molar-refractivity contribution in [1.82, 2.24) is 31.5 Å². The number of aliphatic hydroxyl groups is 1. The van der Waals surface area contributed by atoms with Crippen LogP contribution < -0.4 is 43.8 Å². The molecule has 100 heavy (non-hydrogen) atoms. The maximum atomic E-state index is 14.4. The predicted molar refractivity (Wildman–Crippen MR) is 382 cm³/mol. The molecule has 0 radical (unpaired) electrons. The van der Waals surface area contributed by atoms with Crippen LogP contribution in [0.1, 0.15) is 284 Å². The van der Waals surface area contributed by atoms with Crippen molar-refractivity contribution in [2.24, 2.45) is 34.0 Å². The van der Waals surface area contributed by atoms with Crippen molar-refractivity contribution in [3.8, 4) is 0 Å². The molecule has 0 aromatic heterocycles. The number of amides is 6. The number of carbonyl (C=O) groups is 10. The van der Waals surface area contributed by atoms with Crippen LogP contribution in [0.15, 0.2) is 4.99 Å². The molecule has 9 atom stereocenters. The van der Waals surface area contributed by atoms with Gasteiger partial charge in [0, 0.05) is 57.2 Å². The summed E-state index contributed by atoms with van der Waals surface area (Å²) in [6.45, 7) is 4.01. The van der Waals surface area contributed by atoms with E-state index in [4.69, 9.17) is 35.7 Å². The number of Topliss-reactive ketones (excluding diaryl/α,β-unsaturated/α-hetero) is 1. The van der Waals surface area contributed by atoms with Crippen molar-refractivity contribution >= 4 is 72.9 Å². The number of carboxylic acids is 1. The number of ether oxygens (including phenoxy) is 2. The van der Waals surface area contributed by atoms with Gasteiger partial charge in [-0.25, -0.2) is 9.36 Å². The second-order valence-electron chi connectivity index (χ2n) is 27.1. The summed E-state index contributed by atoms with van der Waals surface area (Å²) in [5, 5.41) is 33.0. The number of likely N-dealkylation sites (tertiary alicyclic amines) is 1. The van der Waals surface area contributed by atoms with Crippen LogP contribution in [0.3, 0.4) is 0 Å². The van der Waals surface area contributed by atoms with Crippen LogP contribution in [-0.4, -0.2) is 174 Å². The zero-order chi connectivity index (χ0) is 73.8. The van der Waals surface area contributed by atoms with Gasteiger partial charge in [0.1, 0.15) is 24.7 Å². The van der Waals surface area contributed by atoms with Crippen LogP contribution >= 0.6 is 7.82 Å². The first-order chi connectivity index (χ1) is 48.0. The molecule has 1 aliphatic heterocycles. The number of aliphatic carboxylic acids is 1. The SMILES string of the molecule is CCCCCCCCCCCCCCCC(=O)OCC(COP(=O)(O)OCCNC(=O)CCCC(=O)NCC(=O)NC(C(=O)NC(CCCCN)C(=O)N1CCCC1C(=O)C1CCCC1C(=O)NC(CCCN=C(N)N)C(=O)O)C(C)O)OC(=O)CCCCCCCCCCCCCCC. The van der Waals surface area contributed by atoms with Gasteiger partial charge in [0.2, 0.25) is 35.4 Å². The molecule has 2 rings (SSSR count). The molecule has 1 heterocycles. The number of carboxylic acid groups (broad SMARTS) is 1. The fraction of sp³-hybridized carbons (Fsp3) is 0.845. The van der Waals surface area contributed by atoms with Gasteiger partial charge in [-0.3, -0.25) is 57.2 Å². The fourth-order valence-corrected chi connectivity index (χ4v) is 13.3. The van der Waals surface area contributed by atoms with E-state index in [9.17, 15) is 67.6 Å². The monoisotopic (exact) mass is 1440 g/mol. The minimum Gasteiger partial charge on any atom is -0.480 e. The molecule has 0 bridgehead atoms. The Labute approximate surface area is 595 Å². The Bertz CT molecular complexity index is 2460. The number of nitrogens with one attached hydrogen (secondary N) is 5. The Hall–Kier alpha value is -5.80. The number of ketones is 1. The number of unbranched alkanes of at least 4 members (excludes halogenated alkanes) is 25. The summed E-state index contributed by atoms with van der Waals surface area (Å²) in [6, 6.07) is -4.97. The molecule has 28 nitrogen and oxygen atoms in total. The number of esters is 2. The third-order valence-corrected chi connectivity index (χ3v) is 19.3. The summed E-state index contributed by atoms with van der Waals surface area (Å²) in [5.74, 6) is -8.50. The molecule has 6 amide bonds. The van der Waals surface area contributed by atoms with Crippen molar-refractivity contribution in [2.45, 2.75) is 320 Å². The number of rotatable bonds is 62. The third-order valence-electron chi connectivity index (χ3n) is 18.3. The molecule has 0 aromatic carbocycles. The van der Waals surface area contributed by atoms with Crippen molar-refractivity contribution in [3.63, 3.8) is 0 Å². The summed E-state index contributed by atoms with van der Waals surface area (Å²) in [5.41, 5.74) is 16.5. The van der Waals surface area contributed by atoms with Gasteiger partial charge in [-0.15, -0.1) is 0 Å². The lowest BCUT2D eigenvalue weighted by atomic mass is 9.86. The highest BCUT2D eigenvalue weighted by atomic mass is 31.2. The van der Waals surface area contributed by atoms with E-state index in [1.807, 2.05) is 0 Å². The Balaban J connectivity index is 1.85. The molecule has 1 saturated carbocycles. The van der Waals surface area contributed by atoms with Gasteiger partial charge in [0.25, 0.3) is 0 Å². The smallest absolute Gasteiger partial charge is 0.472 e. The zero-order valence-electron chi connectivity index (χ0n) is 60.8. The lowest BCUT2D eigenvalue weighted by molar-refractivity contribution is -0.161. The summed E-state index contributed by atoms with van der Waals surface area (Å²) in [4.78, 5) is 148. The minimum absolute atomic E-state index is 0.0281. The van der Waals surface area contributed by atoms with Crippen molar-refractivity contribution in [3.05, 3.63) is 0 Å². The number of hydrogen-bond acceptors (Lipinski definition) is 18. The highest BCUT2D eigenvalue weighted by molar-refractivity contribution is 7.47. The van der Waals surface area contributed by atoms with Gasteiger partial charge in [0.15, 0.2) is 17.8 Å². The normalized spacial score (nSPS) is 17.2. The number of aliphatic imine (C=N–C) groups is 1. The first-order valence-electron chi connectivity index (χ1n) is 37.9. The zero-order valence-corrected chi connectivity index (χ0v) is 61.7. The predicted octanol–water partition coefficient (Wildman–Crippen LogP) is 8.02. The fourth-order valence-electron chi connectivity index (χ4n) is 12.6. The van der Waals surface area contributed by atoms with Crippen LogP contribution in [0, 0.1) is 11.8 Å². The molecule has 14 N–H and O–H groups in total. The molecular formula is C71H129N10O18P. The van der Waals surface area contributed by atoms with Crippen molar-refractivity contribution in [1.29, 1.82) is 0 Å². The molecule has 2 aliphatic rings. The van der Waals surface area contributed by atoms with Crippen LogP contribution in [0.5, 0.6) is 0 Å². The second-order valence-corrected chi connectivity index (χ2v) is 28.5. The quantitative estimate of drug-likeness (QED) is 0.00902. The Kier molecular flexibility index (Phi) is 50.3. The van der Waals surface area contributed by atoms with Gasteiger partial charge in [-0.2, -0.15) is 0 Å². The van der Waals surface area contributed by atoms with E-state index < -0.39 is 129 Å². The molecule has 576 valence electrons. The third kappa shape index (κ3) is 42.6. The van der Waals surface area contributed by atoms with Gasteiger partial charge in [0.05, 0.1) is 31.9 Å². The average molecular weight is 1440 g/mol. The highest BCUT2D eigenvalue weighted by Crippen LogP contribution is 2.43. The molecule has 29 heteroatoms. The molecule has 1 aliphatic carbocycles. The van der Waals surface area contributed by atoms with E-state index in [1.165, 1.54) is 121 Å². The summed E-state index contributed by atoms with van der Waals surface area (Å²) >= 11 is 0. The summed E-state index contributed by atoms with van der Waals surface area (Å²) < 4.78 is 34.2. The molecule has 0 aromatic rings. The maximum absolute atomic E-state index is 14.4. The van der Waals surface area contributed by atoms with Crippen LogP contribution in [0.25, 0.3) is 0 Å². The number of nitrogens with zero attached hydrogens (tertiary/aromatic N) is 2. The lowest BCUT2D eigenvalue weighted by Crippen LogP contribution is -2.59. The Morgan fingerprint density at radius 1 is 0.580 bits per heavy atom. The van der Waals surface area contributed by atoms with Crippen LogP contribution in [0.2, 0.25) is 0 Å². The van der Waals surface area contributed by atoms with E-state index in [2.05, 4.69) is 45.4 Å². The molecule has 2 fully saturated rings. The van der Waals surface area contributed by atoms with Crippen molar-refractivity contribution < 1.29 is 86.1 Å². The van der Waals surface area contributed by atoms with Gasteiger partial charge in [-0.1, -0.05) is 174 Å². The number of guanidine groups is 1. The largest absolute Gasteiger partial charge is 0.480 e. The van der Waals surface area contributed by atoms with E-state index >= 15 is 0 Å². The van der Waals surface area contributed by atoms with Crippen LogP contribution in [-0.2, 0) is 71.0 Å². The Morgan fingerprint density at radius 3 is 1.65 bits per heavy atom. The standard InChI is InChI=1S/C71H129N10O18P/c1-4-6-8-10-12-14-16-18-20-22-24-26-28-43-63(86)96-51-54(99-64(87)44-29-27-25-23-21-19-17-15-13-11-9-7-5-2)52-98-100(94,95)97-49-47-75-60(83)41-33-42-61(84)77-50-62(85)80-65(53(3)82)68(90)78-57(38-30-31-45-72)69(91)81-48-35-40-59(81)66(88)55-36-32-37-56(55)67(89)79-58(70(92)93)39-34-46-76-71(73)74/h53-59,65,82H,4-52,72H2,1-3H3,(H,75,83)(H,77,84)(H,78,90)(H,79,89)(H,80,85)(H,92,93)(H,94,95)(H4,73,74,76). The number of nitrogens with two attached hydrogens (primary N) is 3. The first-order valence-corrected chi connectivity index (χ1v) is 39.4. The van der Waals surface area contributed by atoms with Gasteiger partial charge < -0.3 is 73.3 Å². The summed E-state index contributed by atoms with van der Waals surface area (Å²) in [6.07, 6.45) is 30.5. The number of phosphoric acid groups is 1. The maximum Gasteiger partial charge on any atom is 0.472 e. The molecule has 9 unspecified atom stereocenters. The van der Waals surface area contributed by atoms with E-state index in [0.717, 1.165) is 44.9 Å². The summed E-state index contributed by atoms with van der Waals surface area (Å²) in [7, 11) is -4.77. The average Bonchev–Trinajstić information content (AvgIpc) is 1.63. The van der Waals surface area contributed by atoms with E-state index in [1.54, 1.807) is 0 Å². The number of aliphatic hydroxyl groups excluding tert-OH is 1. The molecular weight excluding hydrogens is 1310 g/mol. The lowest BCUT2D eigenvalue weighted by Gasteiger charge is -2.32.